The molecule has 4 aromatic carbocycles. The number of fused-ring (bicyclic) bond motifs is 1. The Morgan fingerprint density at radius 3 is 2.31 bits per heavy atom. The van der Waals surface area contributed by atoms with Gasteiger partial charge in [0.1, 0.15) is 4.90 Å². The normalized spacial score (nSPS) is 11.9. The quantitative estimate of drug-likeness (QED) is 0.188. The van der Waals surface area contributed by atoms with Crippen LogP contribution in [0.2, 0.25) is 0 Å². The van der Waals surface area contributed by atoms with E-state index in [1.54, 1.807) is 26.0 Å². The molecule has 0 saturated carbocycles. The van der Waals surface area contributed by atoms with Gasteiger partial charge in [0.25, 0.3) is 15.7 Å². The Labute approximate surface area is 203 Å². The van der Waals surface area contributed by atoms with Gasteiger partial charge in [-0.15, -0.1) is 0 Å². The van der Waals surface area contributed by atoms with Crippen molar-refractivity contribution < 1.29 is 13.3 Å². The Balaban J connectivity index is 1.69. The van der Waals surface area contributed by atoms with Crippen LogP contribution in [0.4, 0.5) is 17.1 Å². The monoisotopic (exact) mass is 488 g/mol. The molecule has 0 saturated heterocycles. The molecular formula is C26H24N4O4S. The molecule has 2 N–H and O–H groups in total. The summed E-state index contributed by atoms with van der Waals surface area (Å²) in [5.41, 5.74) is 6.16. The number of hydrazone groups is 1. The van der Waals surface area contributed by atoms with Gasteiger partial charge in [0.15, 0.2) is 0 Å². The summed E-state index contributed by atoms with van der Waals surface area (Å²) in [5, 5.41) is 17.9. The summed E-state index contributed by atoms with van der Waals surface area (Å²) in [4.78, 5) is 10.4. The Kier molecular flexibility index (Phi) is 6.52. The average Bonchev–Trinajstić information content (AvgIpc) is 2.83. The maximum Gasteiger partial charge on any atom is 0.270 e. The average molecular weight is 489 g/mol. The van der Waals surface area contributed by atoms with E-state index >= 15 is 0 Å². The first-order valence-corrected chi connectivity index (χ1v) is 12.3. The van der Waals surface area contributed by atoms with E-state index < -0.39 is 14.9 Å². The number of nitro groups is 1. The van der Waals surface area contributed by atoms with Crippen molar-refractivity contribution in [2.75, 3.05) is 10.1 Å². The fourth-order valence-electron chi connectivity index (χ4n) is 3.69. The maximum atomic E-state index is 13.3. The molecule has 0 bridgehead atoms. The summed E-state index contributed by atoms with van der Waals surface area (Å²) in [6, 6.07) is 22.7. The summed E-state index contributed by atoms with van der Waals surface area (Å²) >= 11 is 0. The van der Waals surface area contributed by atoms with E-state index in [2.05, 4.69) is 15.2 Å². The van der Waals surface area contributed by atoms with E-state index in [9.17, 15) is 18.5 Å². The van der Waals surface area contributed by atoms with Crippen molar-refractivity contribution in [2.24, 2.45) is 5.10 Å². The Morgan fingerprint density at radius 1 is 0.886 bits per heavy atom. The van der Waals surface area contributed by atoms with Gasteiger partial charge in [-0.3, -0.25) is 20.3 Å². The third-order valence-corrected chi connectivity index (χ3v) is 7.01. The van der Waals surface area contributed by atoms with E-state index in [0.29, 0.717) is 11.4 Å². The van der Waals surface area contributed by atoms with Crippen LogP contribution in [0, 0.1) is 24.0 Å². The highest BCUT2D eigenvalue weighted by Gasteiger charge is 2.23. The predicted octanol–water partition coefficient (Wildman–Crippen LogP) is 6.00. The molecule has 0 aliphatic rings. The standard InChI is InChI=1S/C26H24N4O4S/c1-17-8-12-24(18(2)14-17)29-35(33,34)26-16-23(30(31)32)11-13-25(26)28-27-19(3)21-10-9-20-6-4-5-7-22(20)15-21/h4-16,28-29H,1-3H3. The first-order valence-electron chi connectivity index (χ1n) is 10.8. The largest absolute Gasteiger partial charge is 0.279 e. The van der Waals surface area contributed by atoms with Crippen molar-refractivity contribution in [2.45, 2.75) is 25.7 Å². The Morgan fingerprint density at radius 2 is 1.60 bits per heavy atom. The van der Waals surface area contributed by atoms with Gasteiger partial charge in [0.05, 0.1) is 22.0 Å². The molecule has 0 aliphatic heterocycles. The molecule has 4 rings (SSSR count). The van der Waals surface area contributed by atoms with Crippen LogP contribution in [0.3, 0.4) is 0 Å². The molecule has 0 radical (unpaired) electrons. The first-order chi connectivity index (χ1) is 16.6. The minimum Gasteiger partial charge on any atom is -0.279 e. The lowest BCUT2D eigenvalue weighted by Crippen LogP contribution is -2.16. The Bertz CT molecular complexity index is 1580. The third-order valence-electron chi connectivity index (χ3n) is 5.60. The summed E-state index contributed by atoms with van der Waals surface area (Å²) in [6.45, 7) is 5.49. The number of nitrogens with zero attached hydrogens (tertiary/aromatic N) is 2. The molecule has 4 aromatic rings. The number of non-ortho nitro benzene ring substituents is 1. The van der Waals surface area contributed by atoms with Crippen molar-refractivity contribution in [3.63, 3.8) is 0 Å². The second-order valence-electron chi connectivity index (χ2n) is 8.23. The molecule has 0 amide bonds. The molecule has 0 unspecified atom stereocenters. The highest BCUT2D eigenvalue weighted by Crippen LogP contribution is 2.29. The van der Waals surface area contributed by atoms with Crippen LogP contribution < -0.4 is 10.1 Å². The summed E-state index contributed by atoms with van der Waals surface area (Å²) in [5.74, 6) is 0. The number of nitrogens with one attached hydrogen (secondary N) is 2. The molecule has 0 heterocycles. The van der Waals surface area contributed by atoms with Crippen molar-refractivity contribution in [1.82, 2.24) is 0 Å². The molecule has 0 spiro atoms. The van der Waals surface area contributed by atoms with Gasteiger partial charge in [-0.1, -0.05) is 54.1 Å². The number of sulfonamides is 1. The van der Waals surface area contributed by atoms with E-state index in [-0.39, 0.29) is 16.3 Å². The lowest BCUT2D eigenvalue weighted by atomic mass is 10.0. The highest BCUT2D eigenvalue weighted by molar-refractivity contribution is 7.92. The van der Waals surface area contributed by atoms with E-state index in [4.69, 9.17) is 0 Å². The van der Waals surface area contributed by atoms with Gasteiger partial charge in [0, 0.05) is 12.1 Å². The number of rotatable bonds is 7. The zero-order valence-corrected chi connectivity index (χ0v) is 20.3. The number of nitro benzene ring substituents is 1. The lowest BCUT2D eigenvalue weighted by molar-refractivity contribution is -0.385. The van der Waals surface area contributed by atoms with E-state index in [1.165, 1.54) is 12.1 Å². The van der Waals surface area contributed by atoms with Gasteiger partial charge < -0.3 is 0 Å². The van der Waals surface area contributed by atoms with Crippen LogP contribution in [0.25, 0.3) is 10.8 Å². The lowest BCUT2D eigenvalue weighted by Gasteiger charge is -2.14. The van der Waals surface area contributed by atoms with Gasteiger partial charge in [-0.2, -0.15) is 5.10 Å². The SMILES string of the molecule is CC(=NNc1ccc([N+](=O)[O-])cc1S(=O)(=O)Nc1ccc(C)cc1C)c1ccc2ccccc2c1. The maximum absolute atomic E-state index is 13.3. The van der Waals surface area contributed by atoms with E-state index in [1.807, 2.05) is 55.5 Å². The second-order valence-corrected chi connectivity index (χ2v) is 9.88. The number of hydrogen-bond donors (Lipinski definition) is 2. The van der Waals surface area contributed by atoms with Crippen molar-refractivity contribution in [3.05, 3.63) is 106 Å². The molecule has 35 heavy (non-hydrogen) atoms. The minimum atomic E-state index is -4.16. The predicted molar refractivity (Wildman–Crippen MR) is 140 cm³/mol. The molecule has 9 heteroatoms. The van der Waals surface area contributed by atoms with Crippen LogP contribution in [-0.2, 0) is 10.0 Å². The second kappa shape index (κ2) is 9.55. The van der Waals surface area contributed by atoms with Crippen LogP contribution in [0.1, 0.15) is 23.6 Å². The smallest absolute Gasteiger partial charge is 0.270 e. The first kappa shape index (κ1) is 23.9. The number of aryl methyl sites for hydroxylation is 2. The fraction of sp³-hybridized carbons (Fsp3) is 0.115. The molecule has 178 valence electrons. The van der Waals surface area contributed by atoms with Crippen molar-refractivity contribution in [1.29, 1.82) is 0 Å². The topological polar surface area (TPSA) is 114 Å². The van der Waals surface area contributed by atoms with Crippen LogP contribution >= 0.6 is 0 Å². The fourth-order valence-corrected chi connectivity index (χ4v) is 5.00. The van der Waals surface area contributed by atoms with Gasteiger partial charge in [-0.25, -0.2) is 8.42 Å². The number of anilines is 2. The van der Waals surface area contributed by atoms with E-state index in [0.717, 1.165) is 33.5 Å². The molecule has 0 aliphatic carbocycles. The molecule has 0 atom stereocenters. The van der Waals surface area contributed by atoms with Gasteiger partial charge in [0.2, 0.25) is 0 Å². The van der Waals surface area contributed by atoms with Crippen molar-refractivity contribution in [3.8, 4) is 0 Å². The van der Waals surface area contributed by atoms with Crippen molar-refractivity contribution >= 4 is 43.6 Å². The minimum absolute atomic E-state index is 0.119. The van der Waals surface area contributed by atoms with Crippen LogP contribution in [-0.4, -0.2) is 19.1 Å². The van der Waals surface area contributed by atoms with Crippen LogP contribution in [0.5, 0.6) is 0 Å². The molecule has 0 fully saturated rings. The summed E-state index contributed by atoms with van der Waals surface area (Å²) in [6.07, 6.45) is 0. The Hall–Kier alpha value is -4.24. The number of benzene rings is 4. The summed E-state index contributed by atoms with van der Waals surface area (Å²) < 4.78 is 29.1. The molecule has 8 nitrogen and oxygen atoms in total. The zero-order chi connectivity index (χ0) is 25.2. The van der Waals surface area contributed by atoms with Crippen LogP contribution in [0.15, 0.2) is 88.9 Å². The molecule has 0 aromatic heterocycles. The highest BCUT2D eigenvalue weighted by atomic mass is 32.2. The zero-order valence-electron chi connectivity index (χ0n) is 19.4. The molecular weight excluding hydrogens is 464 g/mol. The third kappa shape index (κ3) is 5.30. The van der Waals surface area contributed by atoms with Gasteiger partial charge >= 0.3 is 0 Å². The van der Waals surface area contributed by atoms with Gasteiger partial charge in [-0.05, 0) is 60.9 Å². The summed E-state index contributed by atoms with van der Waals surface area (Å²) in [7, 11) is -4.16. The number of hydrogen-bond acceptors (Lipinski definition) is 6.